The van der Waals surface area contributed by atoms with E-state index in [9.17, 15) is 9.90 Å². The van der Waals surface area contributed by atoms with Crippen molar-refractivity contribution in [3.05, 3.63) is 37.6 Å². The van der Waals surface area contributed by atoms with Crippen molar-refractivity contribution in [3.8, 4) is 17.3 Å². The Balaban J connectivity index is 2.22. The molecule has 0 unspecified atom stereocenters. The maximum absolute atomic E-state index is 11.6. The summed E-state index contributed by atoms with van der Waals surface area (Å²) in [6.45, 7) is 0. The van der Waals surface area contributed by atoms with Gasteiger partial charge in [-0.2, -0.15) is 4.98 Å². The lowest BCUT2D eigenvalue weighted by Gasteiger charge is -2.02. The van der Waals surface area contributed by atoms with Crippen LogP contribution in [0.4, 0.5) is 0 Å². The van der Waals surface area contributed by atoms with Crippen molar-refractivity contribution in [2.45, 2.75) is 0 Å². The monoisotopic (exact) mass is 371 g/mol. The van der Waals surface area contributed by atoms with E-state index in [1.54, 1.807) is 40.1 Å². The van der Waals surface area contributed by atoms with Crippen molar-refractivity contribution in [1.82, 2.24) is 15.0 Å². The Morgan fingerprint density at radius 1 is 1.44 bits per heavy atom. The number of pyridine rings is 1. The van der Waals surface area contributed by atoms with Crippen molar-refractivity contribution < 1.29 is 5.11 Å². The van der Waals surface area contributed by atoms with Crippen LogP contribution in [-0.4, -0.2) is 20.1 Å². The van der Waals surface area contributed by atoms with E-state index in [1.165, 1.54) is 0 Å². The minimum atomic E-state index is -0.357. The Morgan fingerprint density at radius 3 is 3.06 bits per heavy atom. The van der Waals surface area contributed by atoms with Crippen LogP contribution in [0, 0.1) is 3.57 Å². The smallest absolute Gasteiger partial charge is 0.268 e. The van der Waals surface area contributed by atoms with E-state index >= 15 is 0 Å². The molecule has 3 heterocycles. The number of halogens is 1. The zero-order valence-corrected chi connectivity index (χ0v) is 11.8. The Kier molecular flexibility index (Phi) is 2.78. The molecule has 0 bridgehead atoms. The Hall–Kier alpha value is -1.48. The van der Waals surface area contributed by atoms with E-state index in [-0.39, 0.29) is 15.0 Å². The highest BCUT2D eigenvalue weighted by molar-refractivity contribution is 14.1. The molecule has 0 radical (unpaired) electrons. The van der Waals surface area contributed by atoms with Gasteiger partial charge in [0.2, 0.25) is 5.88 Å². The number of rotatable bonds is 1. The number of thiophene rings is 1. The van der Waals surface area contributed by atoms with Gasteiger partial charge in [0.15, 0.2) is 0 Å². The van der Waals surface area contributed by atoms with E-state index < -0.39 is 0 Å². The fourth-order valence-electron chi connectivity index (χ4n) is 1.56. The van der Waals surface area contributed by atoms with Crippen molar-refractivity contribution in [2.75, 3.05) is 0 Å². The Labute approximate surface area is 119 Å². The van der Waals surface area contributed by atoms with Crippen LogP contribution < -0.4 is 5.56 Å². The molecule has 0 aromatic carbocycles. The SMILES string of the molecule is O=c1[nH]c(-c2cnc3ccsc3c2)nc(O)c1I. The van der Waals surface area contributed by atoms with Crippen molar-refractivity contribution in [2.24, 2.45) is 0 Å². The van der Waals surface area contributed by atoms with Crippen molar-refractivity contribution >= 4 is 44.1 Å². The van der Waals surface area contributed by atoms with Crippen LogP contribution in [-0.2, 0) is 0 Å². The first-order valence-electron chi connectivity index (χ1n) is 4.97. The quantitative estimate of drug-likeness (QED) is 0.644. The number of aromatic hydroxyl groups is 1. The third-order valence-electron chi connectivity index (χ3n) is 2.42. The molecule has 0 aliphatic heterocycles. The van der Waals surface area contributed by atoms with Crippen LogP contribution in [0.1, 0.15) is 0 Å². The summed E-state index contributed by atoms with van der Waals surface area (Å²) in [5.74, 6) is 0.0568. The van der Waals surface area contributed by atoms with Gasteiger partial charge in [-0.1, -0.05) is 0 Å². The second-order valence-electron chi connectivity index (χ2n) is 3.58. The van der Waals surface area contributed by atoms with Gasteiger partial charge in [-0.15, -0.1) is 11.3 Å². The van der Waals surface area contributed by atoms with Crippen LogP contribution in [0.15, 0.2) is 28.5 Å². The van der Waals surface area contributed by atoms with Gasteiger partial charge >= 0.3 is 0 Å². The summed E-state index contributed by atoms with van der Waals surface area (Å²) < 4.78 is 1.19. The number of aromatic amines is 1. The second kappa shape index (κ2) is 4.32. The Bertz CT molecular complexity index is 796. The third kappa shape index (κ3) is 1.89. The van der Waals surface area contributed by atoms with Crippen LogP contribution in [0.3, 0.4) is 0 Å². The molecule has 90 valence electrons. The maximum atomic E-state index is 11.6. The van der Waals surface area contributed by atoms with E-state index in [0.717, 1.165) is 10.2 Å². The first-order chi connectivity index (χ1) is 8.65. The van der Waals surface area contributed by atoms with Crippen LogP contribution in [0.2, 0.25) is 0 Å². The average Bonchev–Trinajstić information content (AvgIpc) is 2.82. The topological polar surface area (TPSA) is 78.9 Å². The molecule has 0 atom stereocenters. The number of nitrogens with one attached hydrogen (secondary N) is 1. The molecular weight excluding hydrogens is 365 g/mol. The number of hydrogen-bond donors (Lipinski definition) is 2. The molecule has 0 amide bonds. The lowest BCUT2D eigenvalue weighted by atomic mass is 10.2. The molecule has 2 N–H and O–H groups in total. The highest BCUT2D eigenvalue weighted by Gasteiger charge is 2.10. The molecule has 0 saturated carbocycles. The van der Waals surface area contributed by atoms with Gasteiger partial charge in [0.1, 0.15) is 9.39 Å². The summed E-state index contributed by atoms with van der Waals surface area (Å²) in [6, 6.07) is 3.81. The van der Waals surface area contributed by atoms with Gasteiger partial charge in [0, 0.05) is 11.8 Å². The fourth-order valence-corrected chi connectivity index (χ4v) is 2.60. The number of nitrogens with zero attached hydrogens (tertiary/aromatic N) is 2. The summed E-state index contributed by atoms with van der Waals surface area (Å²) >= 11 is 3.31. The van der Waals surface area contributed by atoms with Gasteiger partial charge in [0.05, 0.1) is 10.2 Å². The lowest BCUT2D eigenvalue weighted by Crippen LogP contribution is -2.12. The zero-order chi connectivity index (χ0) is 12.7. The molecule has 18 heavy (non-hydrogen) atoms. The molecule has 3 rings (SSSR count). The molecule has 3 aromatic heterocycles. The molecule has 7 heteroatoms. The minimum absolute atomic E-state index is 0.182. The number of H-pyrrole nitrogens is 1. The summed E-state index contributed by atoms with van der Waals surface area (Å²) in [6.07, 6.45) is 1.62. The standard InChI is InChI=1S/C11H6IN3O2S/c12-8-10(16)14-9(15-11(8)17)5-3-7-6(13-4-5)1-2-18-7/h1-4H,(H2,14,15,16,17). The summed E-state index contributed by atoms with van der Waals surface area (Å²) in [5, 5.41) is 11.5. The first-order valence-corrected chi connectivity index (χ1v) is 6.93. The molecule has 0 saturated heterocycles. The first kappa shape index (κ1) is 11.6. The highest BCUT2D eigenvalue weighted by Crippen LogP contribution is 2.24. The Morgan fingerprint density at radius 2 is 2.28 bits per heavy atom. The molecule has 3 aromatic rings. The van der Waals surface area contributed by atoms with Gasteiger partial charge in [0.25, 0.3) is 5.56 Å². The van der Waals surface area contributed by atoms with Crippen molar-refractivity contribution in [1.29, 1.82) is 0 Å². The molecule has 0 spiro atoms. The minimum Gasteiger partial charge on any atom is -0.492 e. The largest absolute Gasteiger partial charge is 0.492 e. The van der Waals surface area contributed by atoms with E-state index in [4.69, 9.17) is 0 Å². The van der Waals surface area contributed by atoms with Crippen LogP contribution in [0.5, 0.6) is 5.88 Å². The fraction of sp³-hybridized carbons (Fsp3) is 0. The van der Waals surface area contributed by atoms with Gasteiger partial charge in [-0.05, 0) is 40.1 Å². The van der Waals surface area contributed by atoms with Crippen LogP contribution >= 0.6 is 33.9 Å². The summed E-state index contributed by atoms with van der Waals surface area (Å²) in [7, 11) is 0. The molecule has 0 aliphatic rings. The van der Waals surface area contributed by atoms with Crippen molar-refractivity contribution in [3.63, 3.8) is 0 Å². The van der Waals surface area contributed by atoms with Crippen LogP contribution in [0.25, 0.3) is 21.6 Å². The number of hydrogen-bond acceptors (Lipinski definition) is 5. The number of fused-ring (bicyclic) bond motifs is 1. The number of aromatic nitrogens is 3. The normalized spacial score (nSPS) is 10.9. The predicted molar refractivity (Wildman–Crippen MR) is 77.9 cm³/mol. The van der Waals surface area contributed by atoms with E-state index in [0.29, 0.717) is 11.4 Å². The zero-order valence-electron chi connectivity index (χ0n) is 8.85. The van der Waals surface area contributed by atoms with Gasteiger partial charge in [-0.3, -0.25) is 9.78 Å². The summed E-state index contributed by atoms with van der Waals surface area (Å²) in [4.78, 5) is 22.4. The molecule has 5 nitrogen and oxygen atoms in total. The van der Waals surface area contributed by atoms with Gasteiger partial charge in [-0.25, -0.2) is 0 Å². The van der Waals surface area contributed by atoms with E-state index in [2.05, 4.69) is 15.0 Å². The molecule has 0 aliphatic carbocycles. The average molecular weight is 371 g/mol. The van der Waals surface area contributed by atoms with E-state index in [1.807, 2.05) is 17.5 Å². The third-order valence-corrected chi connectivity index (χ3v) is 4.25. The lowest BCUT2D eigenvalue weighted by molar-refractivity contribution is 0.447. The maximum Gasteiger partial charge on any atom is 0.268 e. The van der Waals surface area contributed by atoms with Gasteiger partial charge < -0.3 is 10.1 Å². The predicted octanol–water partition coefficient (Wildman–Crippen LogP) is 2.36. The molecular formula is C11H6IN3O2S. The summed E-state index contributed by atoms with van der Waals surface area (Å²) in [5.41, 5.74) is 1.22. The highest BCUT2D eigenvalue weighted by atomic mass is 127. The second-order valence-corrected chi connectivity index (χ2v) is 5.61. The molecule has 0 fully saturated rings.